The van der Waals surface area contributed by atoms with E-state index in [9.17, 15) is 4.79 Å². The maximum absolute atomic E-state index is 12.4. The highest BCUT2D eigenvalue weighted by atomic mass is 79.9. The van der Waals surface area contributed by atoms with Crippen LogP contribution in [0.25, 0.3) is 11.3 Å². The first-order valence-corrected chi connectivity index (χ1v) is 8.00. The second-order valence-corrected chi connectivity index (χ2v) is 6.24. The Hall–Kier alpha value is -2.40. The number of nitrogens with one attached hydrogen (secondary N) is 1. The van der Waals surface area contributed by atoms with Crippen LogP contribution in [0.2, 0.25) is 0 Å². The molecule has 23 heavy (non-hydrogen) atoms. The zero-order valence-corrected chi connectivity index (χ0v) is 14.2. The standard InChI is InChI=1S/C18H16BrN3O/c1-21-16(13-6-3-2-4-7-13)11-22(18(21)20)12-17(23)14-8-5-9-15(19)10-14/h2-11,20H,12H2,1H3. The maximum Gasteiger partial charge on any atom is 0.202 e. The van der Waals surface area contributed by atoms with Gasteiger partial charge in [0.25, 0.3) is 0 Å². The zero-order chi connectivity index (χ0) is 16.4. The molecule has 2 aromatic carbocycles. The number of hydrogen-bond donors (Lipinski definition) is 1. The van der Waals surface area contributed by atoms with Crippen LogP contribution in [0.4, 0.5) is 0 Å². The number of hydrogen-bond acceptors (Lipinski definition) is 2. The maximum atomic E-state index is 12.4. The van der Waals surface area contributed by atoms with Crippen LogP contribution in [0.3, 0.4) is 0 Å². The Morgan fingerprint density at radius 1 is 1.13 bits per heavy atom. The molecule has 0 fully saturated rings. The van der Waals surface area contributed by atoms with Crippen LogP contribution in [-0.4, -0.2) is 14.9 Å². The molecule has 0 atom stereocenters. The third-order valence-electron chi connectivity index (χ3n) is 3.76. The molecular weight excluding hydrogens is 354 g/mol. The first-order valence-electron chi connectivity index (χ1n) is 7.21. The van der Waals surface area contributed by atoms with Crippen LogP contribution in [0.1, 0.15) is 10.4 Å². The van der Waals surface area contributed by atoms with Gasteiger partial charge in [0.15, 0.2) is 5.78 Å². The van der Waals surface area contributed by atoms with Gasteiger partial charge in [0.1, 0.15) is 0 Å². The van der Waals surface area contributed by atoms with Crippen molar-refractivity contribution in [3.8, 4) is 11.3 Å². The van der Waals surface area contributed by atoms with Gasteiger partial charge in [-0.05, 0) is 17.7 Å². The van der Waals surface area contributed by atoms with Crippen LogP contribution in [0, 0.1) is 5.41 Å². The first-order chi connectivity index (χ1) is 11.1. The predicted molar refractivity (Wildman–Crippen MR) is 93.2 cm³/mol. The molecule has 3 aromatic rings. The van der Waals surface area contributed by atoms with Gasteiger partial charge in [-0.3, -0.25) is 10.2 Å². The lowest BCUT2D eigenvalue weighted by atomic mass is 10.1. The smallest absolute Gasteiger partial charge is 0.202 e. The average Bonchev–Trinajstić information content (AvgIpc) is 2.84. The fourth-order valence-electron chi connectivity index (χ4n) is 2.51. The summed E-state index contributed by atoms with van der Waals surface area (Å²) in [6.45, 7) is 0.149. The molecule has 1 aromatic heterocycles. The number of aromatic nitrogens is 2. The largest absolute Gasteiger partial charge is 0.314 e. The lowest BCUT2D eigenvalue weighted by Gasteiger charge is -2.03. The van der Waals surface area contributed by atoms with Crippen molar-refractivity contribution >= 4 is 21.7 Å². The third kappa shape index (κ3) is 3.19. The topological polar surface area (TPSA) is 50.8 Å². The summed E-state index contributed by atoms with van der Waals surface area (Å²) in [7, 11) is 1.84. The van der Waals surface area contributed by atoms with Crippen LogP contribution in [0.5, 0.6) is 0 Å². The van der Waals surface area contributed by atoms with Crippen molar-refractivity contribution in [2.45, 2.75) is 6.54 Å². The highest BCUT2D eigenvalue weighted by molar-refractivity contribution is 9.10. The number of ketones is 1. The van der Waals surface area contributed by atoms with Gasteiger partial charge in [-0.1, -0.05) is 58.4 Å². The fraction of sp³-hybridized carbons (Fsp3) is 0.111. The summed E-state index contributed by atoms with van der Waals surface area (Å²) in [6, 6.07) is 17.2. The monoisotopic (exact) mass is 369 g/mol. The molecule has 1 N–H and O–H groups in total. The fourth-order valence-corrected chi connectivity index (χ4v) is 2.91. The molecule has 0 saturated heterocycles. The molecular formula is C18H16BrN3O. The molecule has 0 spiro atoms. The summed E-state index contributed by atoms with van der Waals surface area (Å²) in [5, 5.41) is 8.23. The Kier molecular flexibility index (Phi) is 4.30. The summed E-state index contributed by atoms with van der Waals surface area (Å²) in [6.07, 6.45) is 1.85. The van der Waals surface area contributed by atoms with Gasteiger partial charge < -0.3 is 9.13 Å². The van der Waals surface area contributed by atoms with Crippen molar-refractivity contribution in [3.63, 3.8) is 0 Å². The number of Topliss-reactive ketones (excluding diaryl/α,β-unsaturated/α-hetero) is 1. The molecule has 3 rings (SSSR count). The van der Waals surface area contributed by atoms with E-state index < -0.39 is 0 Å². The molecule has 0 aliphatic rings. The molecule has 1 heterocycles. The van der Waals surface area contributed by atoms with E-state index in [4.69, 9.17) is 5.41 Å². The van der Waals surface area contributed by atoms with E-state index in [1.54, 1.807) is 21.3 Å². The van der Waals surface area contributed by atoms with E-state index in [1.807, 2.05) is 55.7 Å². The molecule has 4 nitrogen and oxygen atoms in total. The lowest BCUT2D eigenvalue weighted by Crippen LogP contribution is -2.25. The number of imidazole rings is 1. The molecule has 116 valence electrons. The Bertz CT molecular complexity index is 910. The minimum Gasteiger partial charge on any atom is -0.314 e. The highest BCUT2D eigenvalue weighted by Gasteiger charge is 2.12. The molecule has 0 amide bonds. The molecule has 5 heteroatoms. The summed E-state index contributed by atoms with van der Waals surface area (Å²) >= 11 is 3.38. The number of halogens is 1. The van der Waals surface area contributed by atoms with E-state index >= 15 is 0 Å². The number of carbonyl (C=O) groups excluding carboxylic acids is 1. The van der Waals surface area contributed by atoms with Crippen molar-refractivity contribution in [1.82, 2.24) is 9.13 Å². The van der Waals surface area contributed by atoms with E-state index in [1.165, 1.54) is 0 Å². The van der Waals surface area contributed by atoms with E-state index in [2.05, 4.69) is 15.9 Å². The summed E-state index contributed by atoms with van der Waals surface area (Å²) in [5.41, 5.74) is 2.87. The third-order valence-corrected chi connectivity index (χ3v) is 4.25. The van der Waals surface area contributed by atoms with Gasteiger partial charge >= 0.3 is 0 Å². The molecule has 0 bridgehead atoms. The normalized spacial score (nSPS) is 10.7. The second kappa shape index (κ2) is 6.38. The molecule has 0 radical (unpaired) electrons. The van der Waals surface area contributed by atoms with Crippen LogP contribution < -0.4 is 5.62 Å². The van der Waals surface area contributed by atoms with Gasteiger partial charge in [0.2, 0.25) is 5.62 Å². The first kappa shape index (κ1) is 15.5. The minimum absolute atomic E-state index is 0.0185. The van der Waals surface area contributed by atoms with Crippen LogP contribution in [-0.2, 0) is 13.6 Å². The van der Waals surface area contributed by atoms with Gasteiger partial charge in [0.05, 0.1) is 12.2 Å². The average molecular weight is 370 g/mol. The van der Waals surface area contributed by atoms with Crippen molar-refractivity contribution < 1.29 is 4.79 Å². The number of benzene rings is 2. The van der Waals surface area contributed by atoms with Crippen molar-refractivity contribution in [2.75, 3.05) is 0 Å². The molecule has 0 aliphatic carbocycles. The van der Waals surface area contributed by atoms with Crippen LogP contribution in [0.15, 0.2) is 65.3 Å². The lowest BCUT2D eigenvalue weighted by molar-refractivity contribution is 0.0970. The number of nitrogens with zero attached hydrogens (tertiary/aromatic N) is 2. The summed E-state index contributed by atoms with van der Waals surface area (Å²) in [4.78, 5) is 12.4. The Morgan fingerprint density at radius 2 is 1.87 bits per heavy atom. The summed E-state index contributed by atoms with van der Waals surface area (Å²) < 4.78 is 4.33. The number of rotatable bonds is 4. The molecule has 0 saturated carbocycles. The number of carbonyl (C=O) groups is 1. The second-order valence-electron chi connectivity index (χ2n) is 5.32. The van der Waals surface area contributed by atoms with Crippen molar-refractivity contribution in [2.24, 2.45) is 7.05 Å². The van der Waals surface area contributed by atoms with E-state index in [0.717, 1.165) is 15.7 Å². The van der Waals surface area contributed by atoms with Crippen LogP contribution >= 0.6 is 15.9 Å². The predicted octanol–water partition coefficient (Wildman–Crippen LogP) is 3.62. The summed E-state index contributed by atoms with van der Waals surface area (Å²) in [5.74, 6) is -0.0185. The highest BCUT2D eigenvalue weighted by Crippen LogP contribution is 2.17. The Balaban J connectivity index is 1.93. The van der Waals surface area contributed by atoms with Gasteiger partial charge in [-0.25, -0.2) is 0 Å². The SMILES string of the molecule is Cn1c(-c2ccccc2)cn(CC(=O)c2cccc(Br)c2)c1=N. The van der Waals surface area contributed by atoms with E-state index in [-0.39, 0.29) is 12.3 Å². The molecule has 0 unspecified atom stereocenters. The van der Waals surface area contributed by atoms with Gasteiger partial charge in [-0.2, -0.15) is 0 Å². The minimum atomic E-state index is -0.0185. The Morgan fingerprint density at radius 3 is 2.57 bits per heavy atom. The van der Waals surface area contributed by atoms with Gasteiger partial charge in [-0.15, -0.1) is 0 Å². The van der Waals surface area contributed by atoms with Crippen molar-refractivity contribution in [1.29, 1.82) is 5.41 Å². The van der Waals surface area contributed by atoms with E-state index in [0.29, 0.717) is 11.2 Å². The van der Waals surface area contributed by atoms with Crippen molar-refractivity contribution in [3.05, 3.63) is 76.4 Å². The quantitative estimate of drug-likeness (QED) is 0.701. The van der Waals surface area contributed by atoms with Gasteiger partial charge in [0, 0.05) is 23.3 Å². The zero-order valence-electron chi connectivity index (χ0n) is 12.7. The molecule has 0 aliphatic heterocycles. The Labute approximate surface area is 142 Å².